The molecule has 2 fully saturated rings. The Balaban J connectivity index is 1.21. The average Bonchev–Trinajstić information content (AvgIpc) is 3.98. The molecule has 1 unspecified atom stereocenters. The van der Waals surface area contributed by atoms with Gasteiger partial charge in [0, 0.05) is 90.9 Å². The van der Waals surface area contributed by atoms with E-state index in [0.29, 0.717) is 49.4 Å². The van der Waals surface area contributed by atoms with Crippen molar-refractivity contribution in [3.05, 3.63) is 112 Å². The largest absolute Gasteiger partial charge is 0.496 e. The summed E-state index contributed by atoms with van der Waals surface area (Å²) < 4.78 is 24.7. The molecule has 9 atom stereocenters. The molecule has 5 aliphatic heterocycles. The maximum Gasteiger partial charge on any atom is 0.412 e. The molecule has 3 N–H and O–H groups in total. The number of aromatic amines is 1. The van der Waals surface area contributed by atoms with Gasteiger partial charge in [-0.05, 0) is 86.9 Å². The van der Waals surface area contributed by atoms with E-state index in [9.17, 15) is 14.7 Å². The van der Waals surface area contributed by atoms with Crippen LogP contribution in [0.4, 0.5) is 10.5 Å². The van der Waals surface area contributed by atoms with Crippen LogP contribution in [0.15, 0.2) is 84.5 Å². The highest BCUT2D eigenvalue weighted by molar-refractivity contribution is 5.94. The second-order valence-corrected chi connectivity index (χ2v) is 19.7. The zero-order chi connectivity index (χ0) is 46.3. The molecule has 1 aliphatic carbocycles. The van der Waals surface area contributed by atoms with Crippen LogP contribution in [0.3, 0.4) is 0 Å². The minimum absolute atomic E-state index is 0.0184. The van der Waals surface area contributed by atoms with Crippen molar-refractivity contribution in [2.45, 2.75) is 94.4 Å². The zero-order valence-electron chi connectivity index (χ0n) is 39.2. The quantitative estimate of drug-likeness (QED) is 0.122. The number of likely N-dealkylation sites (N-methyl/N-ethyl adjacent to an activating group) is 1. The molecule has 13 heteroatoms. The van der Waals surface area contributed by atoms with E-state index in [2.05, 4.69) is 81.3 Å². The van der Waals surface area contributed by atoms with E-state index in [1.165, 1.54) is 19.6 Å². The van der Waals surface area contributed by atoms with Gasteiger partial charge in [-0.3, -0.25) is 19.4 Å². The average molecular weight is 898 g/mol. The maximum atomic E-state index is 15.5. The van der Waals surface area contributed by atoms with Gasteiger partial charge < -0.3 is 39.3 Å². The second kappa shape index (κ2) is 16.3. The fourth-order valence-electron chi connectivity index (χ4n) is 14.0. The molecule has 66 heavy (non-hydrogen) atoms. The topological polar surface area (TPSA) is 146 Å². The number of nitrogens with one attached hydrogen (secondary N) is 2. The number of aromatic nitrogens is 1. The number of fused-ring (bicyclic) bond motifs is 6. The Hall–Kier alpha value is -5.63. The molecule has 1 spiro atoms. The number of carbonyl (C=O) groups excluding carboxylic acids is 3. The van der Waals surface area contributed by atoms with Crippen LogP contribution in [0.2, 0.25) is 0 Å². The number of carbonyl (C=O) groups is 3. The first-order valence-corrected chi connectivity index (χ1v) is 23.7. The highest BCUT2D eigenvalue weighted by Crippen LogP contribution is 2.68. The molecule has 1 amide bonds. The third kappa shape index (κ3) is 6.39. The smallest absolute Gasteiger partial charge is 0.412 e. The Labute approximate surface area is 387 Å². The van der Waals surface area contributed by atoms with Crippen molar-refractivity contribution in [3.8, 4) is 11.5 Å². The zero-order valence-corrected chi connectivity index (χ0v) is 39.2. The number of aryl methyl sites for hydroxylation is 1. The molecule has 3 aromatic carbocycles. The monoisotopic (exact) mass is 897 g/mol. The summed E-state index contributed by atoms with van der Waals surface area (Å²) in [7, 11) is 5.10. The van der Waals surface area contributed by atoms with Gasteiger partial charge in [0.1, 0.15) is 28.6 Å². The third-order valence-electron chi connectivity index (χ3n) is 16.4. The van der Waals surface area contributed by atoms with E-state index >= 15 is 4.79 Å². The van der Waals surface area contributed by atoms with Crippen LogP contribution >= 0.6 is 0 Å². The minimum Gasteiger partial charge on any atom is -0.496 e. The predicted octanol–water partition coefficient (Wildman–Crippen LogP) is 6.72. The van der Waals surface area contributed by atoms with Crippen LogP contribution < -0.4 is 19.7 Å². The third-order valence-corrected chi connectivity index (χ3v) is 16.4. The molecule has 2 bridgehead atoms. The minimum atomic E-state index is -1.86. The van der Waals surface area contributed by atoms with E-state index in [1.807, 2.05) is 38.2 Å². The standard InChI is InChI=1S/C53H63N5O8/c1-8-34-25-35-28-52(48(60)64-7,44-38(19-23-57(29-34)30-35)37-13-10-11-14-41(37)55-44)40-26-39-42(27-43(40)63-6)56(5)46-51(39)21-24-58-22-12-20-50(9-2,45(51)58)47(65-33(4)59)53(46,62)31-54-49(61)66-36-17-15-32(3)16-18-36/h10-18,20,25-27,35,45-47,55,62H,8-9,19,21-24,28-31H2,1-7H3,(H,54,61)/t35-,45-,46+,47+,50+,51+,52-,53-/m0/s1. The van der Waals surface area contributed by atoms with Crippen molar-refractivity contribution >= 4 is 34.6 Å². The molecular weight excluding hydrogens is 835 g/mol. The highest BCUT2D eigenvalue weighted by Gasteiger charge is 2.78. The summed E-state index contributed by atoms with van der Waals surface area (Å²) in [6.45, 7) is 11.3. The lowest BCUT2D eigenvalue weighted by Gasteiger charge is -2.64. The lowest BCUT2D eigenvalue weighted by molar-refractivity contribution is -0.216. The predicted molar refractivity (Wildman–Crippen MR) is 252 cm³/mol. The Kier molecular flexibility index (Phi) is 10.9. The summed E-state index contributed by atoms with van der Waals surface area (Å²) in [5.41, 5.74) is 2.87. The molecule has 1 aromatic heterocycles. The lowest BCUT2D eigenvalue weighted by atomic mass is 9.47. The van der Waals surface area contributed by atoms with E-state index in [0.717, 1.165) is 71.5 Å². The van der Waals surface area contributed by atoms with Crippen LogP contribution in [0.1, 0.15) is 74.4 Å². The van der Waals surface area contributed by atoms with Gasteiger partial charge in [-0.15, -0.1) is 0 Å². The van der Waals surface area contributed by atoms with Crippen LogP contribution in [0, 0.1) is 18.3 Å². The Morgan fingerprint density at radius 2 is 1.79 bits per heavy atom. The summed E-state index contributed by atoms with van der Waals surface area (Å²) in [4.78, 5) is 53.4. The number of hydrogen-bond donors (Lipinski definition) is 3. The molecule has 1 saturated heterocycles. The van der Waals surface area contributed by atoms with E-state index in [-0.39, 0.29) is 24.5 Å². The highest BCUT2D eigenvalue weighted by atomic mass is 16.6. The van der Waals surface area contributed by atoms with Gasteiger partial charge in [0.05, 0.1) is 26.8 Å². The number of nitrogens with zero attached hydrogens (tertiary/aromatic N) is 3. The van der Waals surface area contributed by atoms with E-state index in [1.54, 1.807) is 19.2 Å². The molecular formula is C53H63N5O8. The molecule has 1 saturated carbocycles. The van der Waals surface area contributed by atoms with Crippen molar-refractivity contribution in [3.63, 3.8) is 0 Å². The maximum absolute atomic E-state index is 15.5. The number of rotatable bonds is 9. The number of benzene rings is 3. The first-order chi connectivity index (χ1) is 31.8. The normalized spacial score (nSPS) is 31.8. The molecule has 6 heterocycles. The van der Waals surface area contributed by atoms with Crippen molar-refractivity contribution < 1.29 is 38.4 Å². The van der Waals surface area contributed by atoms with Gasteiger partial charge in [0.25, 0.3) is 0 Å². The number of ether oxygens (including phenoxy) is 4. The Morgan fingerprint density at radius 3 is 2.52 bits per heavy atom. The number of methoxy groups -OCH3 is 2. The summed E-state index contributed by atoms with van der Waals surface area (Å²) >= 11 is 0. The summed E-state index contributed by atoms with van der Waals surface area (Å²) in [6.07, 6.45) is 8.14. The van der Waals surface area contributed by atoms with Gasteiger partial charge in [-0.1, -0.05) is 73.5 Å². The number of H-pyrrole nitrogens is 1. The fraction of sp³-hybridized carbons (Fsp3) is 0.491. The van der Waals surface area contributed by atoms with Crippen LogP contribution in [-0.4, -0.2) is 122 Å². The molecule has 0 radical (unpaired) electrons. The molecule has 10 rings (SSSR count). The summed E-state index contributed by atoms with van der Waals surface area (Å²) in [6, 6.07) is 18.8. The van der Waals surface area contributed by atoms with Gasteiger partial charge in [0.15, 0.2) is 0 Å². The van der Waals surface area contributed by atoms with Crippen LogP contribution in [0.5, 0.6) is 11.5 Å². The number of para-hydroxylation sites is 1. The molecule has 13 nitrogen and oxygen atoms in total. The van der Waals surface area contributed by atoms with Gasteiger partial charge in [-0.2, -0.15) is 0 Å². The SMILES string of the molecule is CCC1=C[C@@H]2CN(CCc3c([nH]c4ccccc34)[C@@](C(=O)OC)(c3cc4c(cc3OC)N(C)[C@H]3[C@@](O)(CNC(=O)Oc5ccc(C)cc5)[C@H](OC(C)=O)[C@]5(CC)C=CCN6CC[C@]43[C@@H]65)C2)C1. The summed E-state index contributed by atoms with van der Waals surface area (Å²) in [5, 5.41) is 17.9. The van der Waals surface area contributed by atoms with E-state index in [4.69, 9.17) is 18.9 Å². The first kappa shape index (κ1) is 44.2. The van der Waals surface area contributed by atoms with Gasteiger partial charge >= 0.3 is 18.0 Å². The van der Waals surface area contributed by atoms with Crippen molar-refractivity contribution in [2.75, 3.05) is 65.4 Å². The van der Waals surface area contributed by atoms with Gasteiger partial charge in [-0.25, -0.2) is 4.79 Å². The van der Waals surface area contributed by atoms with Gasteiger partial charge in [0.2, 0.25) is 0 Å². The van der Waals surface area contributed by atoms with Crippen LogP contribution in [-0.2, 0) is 36.3 Å². The Morgan fingerprint density at radius 1 is 1.00 bits per heavy atom. The number of esters is 2. The number of hydrogen-bond acceptors (Lipinski definition) is 11. The lowest BCUT2D eigenvalue weighted by Crippen LogP contribution is -2.81. The van der Waals surface area contributed by atoms with E-state index < -0.39 is 46.1 Å². The first-order valence-electron chi connectivity index (χ1n) is 23.7. The molecule has 348 valence electrons. The number of amides is 1. The number of aliphatic hydroxyl groups is 1. The van der Waals surface area contributed by atoms with Crippen LogP contribution in [0.25, 0.3) is 10.9 Å². The molecule has 4 aromatic rings. The second-order valence-electron chi connectivity index (χ2n) is 19.7. The van der Waals surface area contributed by atoms with Crippen molar-refractivity contribution in [1.82, 2.24) is 20.1 Å². The van der Waals surface area contributed by atoms with Crippen molar-refractivity contribution in [2.24, 2.45) is 11.3 Å². The number of anilines is 1. The molecule has 6 aliphatic rings. The fourth-order valence-corrected chi connectivity index (χ4v) is 14.0. The summed E-state index contributed by atoms with van der Waals surface area (Å²) in [5.74, 6) is 0.00971. The van der Waals surface area contributed by atoms with Crippen molar-refractivity contribution in [1.29, 1.82) is 0 Å². The Bertz CT molecular complexity index is 2660.